The molecule has 1 heterocycles. The van der Waals surface area contributed by atoms with E-state index < -0.39 is 0 Å². The number of piperidine rings is 1. The number of likely N-dealkylation sites (tertiary alicyclic amines) is 1. The maximum atomic E-state index is 12.4. The zero-order chi connectivity index (χ0) is 14.4. The number of carbonyl (C=O) groups excluding carboxylic acids is 1. The van der Waals surface area contributed by atoms with Crippen molar-refractivity contribution in [1.29, 1.82) is 0 Å². The summed E-state index contributed by atoms with van der Waals surface area (Å²) in [6.45, 7) is 3.98. The van der Waals surface area contributed by atoms with Gasteiger partial charge in [0.15, 0.2) is 0 Å². The zero-order valence-electron chi connectivity index (χ0n) is 12.4. The number of nitrogens with two attached hydrogens (primary N) is 1. The van der Waals surface area contributed by atoms with Crippen LogP contribution >= 0.6 is 0 Å². The number of benzene rings is 1. The number of nitrogens with zero attached hydrogens (tertiary/aromatic N) is 1. The maximum absolute atomic E-state index is 12.4. The summed E-state index contributed by atoms with van der Waals surface area (Å²) in [7, 11) is 0. The van der Waals surface area contributed by atoms with Gasteiger partial charge in [-0.2, -0.15) is 0 Å². The maximum Gasteiger partial charge on any atom is 0.239 e. The van der Waals surface area contributed by atoms with Gasteiger partial charge in [0.1, 0.15) is 0 Å². The van der Waals surface area contributed by atoms with Gasteiger partial charge >= 0.3 is 0 Å². The van der Waals surface area contributed by atoms with E-state index in [0.29, 0.717) is 5.92 Å². The van der Waals surface area contributed by atoms with Gasteiger partial charge in [-0.3, -0.25) is 4.79 Å². The summed E-state index contributed by atoms with van der Waals surface area (Å²) in [5, 5.41) is 0. The number of amides is 1. The molecule has 2 atom stereocenters. The lowest BCUT2D eigenvalue weighted by Gasteiger charge is -2.34. The van der Waals surface area contributed by atoms with Crippen LogP contribution in [0.3, 0.4) is 0 Å². The first-order valence-electron chi connectivity index (χ1n) is 7.79. The van der Waals surface area contributed by atoms with Crippen molar-refractivity contribution in [3.8, 4) is 0 Å². The predicted molar refractivity (Wildman–Crippen MR) is 82.3 cm³/mol. The summed E-state index contributed by atoms with van der Waals surface area (Å²) in [5.41, 5.74) is 7.34. The second kappa shape index (κ2) is 7.44. The third-order valence-corrected chi connectivity index (χ3v) is 4.31. The minimum absolute atomic E-state index is 0.138. The molecule has 1 aromatic rings. The molecule has 0 radical (unpaired) electrons. The van der Waals surface area contributed by atoms with Crippen LogP contribution in [0.2, 0.25) is 0 Å². The van der Waals surface area contributed by atoms with Crippen molar-refractivity contribution in [1.82, 2.24) is 4.90 Å². The smallest absolute Gasteiger partial charge is 0.239 e. The van der Waals surface area contributed by atoms with Gasteiger partial charge in [0, 0.05) is 13.1 Å². The Labute approximate surface area is 122 Å². The highest BCUT2D eigenvalue weighted by molar-refractivity contribution is 5.81. The minimum Gasteiger partial charge on any atom is -0.341 e. The van der Waals surface area contributed by atoms with Gasteiger partial charge in [-0.25, -0.2) is 0 Å². The molecule has 3 nitrogen and oxygen atoms in total. The van der Waals surface area contributed by atoms with E-state index in [1.54, 1.807) is 0 Å². The Morgan fingerprint density at radius 1 is 1.40 bits per heavy atom. The molecule has 0 bridgehead atoms. The van der Waals surface area contributed by atoms with Gasteiger partial charge in [-0.15, -0.1) is 0 Å². The van der Waals surface area contributed by atoms with Gasteiger partial charge in [-0.05, 0) is 37.2 Å². The van der Waals surface area contributed by atoms with Crippen molar-refractivity contribution in [2.24, 2.45) is 11.7 Å². The molecule has 0 aromatic heterocycles. The third kappa shape index (κ3) is 4.07. The van der Waals surface area contributed by atoms with E-state index in [9.17, 15) is 4.79 Å². The number of aryl methyl sites for hydroxylation is 1. The van der Waals surface area contributed by atoms with E-state index in [0.717, 1.165) is 38.8 Å². The van der Waals surface area contributed by atoms with Gasteiger partial charge in [0.2, 0.25) is 5.91 Å². The third-order valence-electron chi connectivity index (χ3n) is 4.31. The molecule has 1 aliphatic heterocycles. The van der Waals surface area contributed by atoms with E-state index in [-0.39, 0.29) is 11.9 Å². The van der Waals surface area contributed by atoms with Crippen LogP contribution in [-0.4, -0.2) is 29.9 Å². The van der Waals surface area contributed by atoms with Crippen molar-refractivity contribution in [2.45, 2.75) is 45.1 Å². The number of hydrogen-bond donors (Lipinski definition) is 1. The van der Waals surface area contributed by atoms with Crippen LogP contribution in [-0.2, 0) is 11.2 Å². The Hall–Kier alpha value is -1.35. The lowest BCUT2D eigenvalue weighted by molar-refractivity contribution is -0.134. The Balaban J connectivity index is 1.82. The second-order valence-corrected chi connectivity index (χ2v) is 5.83. The molecule has 1 fully saturated rings. The monoisotopic (exact) mass is 274 g/mol. The lowest BCUT2D eigenvalue weighted by Crippen LogP contribution is -2.48. The van der Waals surface area contributed by atoms with Gasteiger partial charge < -0.3 is 10.6 Å². The average molecular weight is 274 g/mol. The van der Waals surface area contributed by atoms with Crippen LogP contribution in [0.5, 0.6) is 0 Å². The molecule has 2 unspecified atom stereocenters. The van der Waals surface area contributed by atoms with Crippen LogP contribution in [0, 0.1) is 5.92 Å². The Kier molecular flexibility index (Phi) is 5.60. The van der Waals surface area contributed by atoms with Gasteiger partial charge in [-0.1, -0.05) is 43.7 Å². The summed E-state index contributed by atoms with van der Waals surface area (Å²) in [4.78, 5) is 14.4. The summed E-state index contributed by atoms with van der Waals surface area (Å²) >= 11 is 0. The lowest BCUT2D eigenvalue weighted by atomic mass is 9.95. The molecule has 110 valence electrons. The fraction of sp³-hybridized carbons (Fsp3) is 0.588. The molecule has 1 amide bonds. The van der Waals surface area contributed by atoms with E-state index >= 15 is 0 Å². The topological polar surface area (TPSA) is 46.3 Å². The molecule has 0 spiro atoms. The fourth-order valence-electron chi connectivity index (χ4n) is 2.92. The SMILES string of the molecule is CCC1CCCN(C(=O)C(N)CCc2ccccc2)C1. The minimum atomic E-state index is -0.356. The second-order valence-electron chi connectivity index (χ2n) is 5.83. The van der Waals surface area contributed by atoms with Crippen molar-refractivity contribution >= 4 is 5.91 Å². The standard InChI is InChI=1S/C17H26N2O/c1-2-14-9-6-12-19(13-14)17(20)16(18)11-10-15-7-4-3-5-8-15/h3-5,7-8,14,16H,2,6,9-13,18H2,1H3. The molecule has 1 aliphatic rings. The van der Waals surface area contributed by atoms with Crippen LogP contribution in [0.25, 0.3) is 0 Å². The van der Waals surface area contributed by atoms with Crippen LogP contribution in [0.1, 0.15) is 38.2 Å². The molecule has 0 aliphatic carbocycles. The molecular weight excluding hydrogens is 248 g/mol. The predicted octanol–water partition coefficient (Wildman–Crippen LogP) is 2.60. The number of rotatable bonds is 5. The highest BCUT2D eigenvalue weighted by atomic mass is 16.2. The molecule has 0 saturated carbocycles. The first-order chi connectivity index (χ1) is 9.70. The van der Waals surface area contributed by atoms with E-state index in [2.05, 4.69) is 19.1 Å². The van der Waals surface area contributed by atoms with Gasteiger partial charge in [0.25, 0.3) is 0 Å². The van der Waals surface area contributed by atoms with Crippen molar-refractivity contribution in [3.05, 3.63) is 35.9 Å². The quantitative estimate of drug-likeness (QED) is 0.897. The molecule has 1 saturated heterocycles. The molecular formula is C17H26N2O. The molecule has 2 N–H and O–H groups in total. The Bertz CT molecular complexity index is 418. The molecule has 1 aromatic carbocycles. The Morgan fingerprint density at radius 3 is 2.85 bits per heavy atom. The van der Waals surface area contributed by atoms with Crippen LogP contribution in [0.4, 0.5) is 0 Å². The largest absolute Gasteiger partial charge is 0.341 e. The normalized spacial score (nSPS) is 20.7. The molecule has 3 heteroatoms. The first kappa shape index (κ1) is 15.0. The zero-order valence-corrected chi connectivity index (χ0v) is 12.4. The highest BCUT2D eigenvalue weighted by Crippen LogP contribution is 2.20. The summed E-state index contributed by atoms with van der Waals surface area (Å²) in [5.74, 6) is 0.799. The van der Waals surface area contributed by atoms with E-state index in [4.69, 9.17) is 5.73 Å². The molecule has 20 heavy (non-hydrogen) atoms. The van der Waals surface area contributed by atoms with E-state index in [1.165, 1.54) is 12.0 Å². The fourth-order valence-corrected chi connectivity index (χ4v) is 2.92. The highest BCUT2D eigenvalue weighted by Gasteiger charge is 2.26. The average Bonchev–Trinajstić information content (AvgIpc) is 2.53. The summed E-state index contributed by atoms with van der Waals surface area (Å²) in [6, 6.07) is 9.88. The number of carbonyl (C=O) groups is 1. The van der Waals surface area contributed by atoms with E-state index in [1.807, 2.05) is 23.1 Å². The number of hydrogen-bond acceptors (Lipinski definition) is 2. The Morgan fingerprint density at radius 2 is 2.15 bits per heavy atom. The van der Waals surface area contributed by atoms with Crippen molar-refractivity contribution < 1.29 is 4.79 Å². The molecule has 2 rings (SSSR count). The van der Waals surface area contributed by atoms with Crippen molar-refractivity contribution in [3.63, 3.8) is 0 Å². The van der Waals surface area contributed by atoms with Crippen molar-refractivity contribution in [2.75, 3.05) is 13.1 Å². The van der Waals surface area contributed by atoms with Crippen LogP contribution in [0.15, 0.2) is 30.3 Å². The van der Waals surface area contributed by atoms with Crippen LogP contribution < -0.4 is 5.73 Å². The first-order valence-corrected chi connectivity index (χ1v) is 7.79. The van der Waals surface area contributed by atoms with Gasteiger partial charge in [0.05, 0.1) is 6.04 Å². The summed E-state index contributed by atoms with van der Waals surface area (Å²) < 4.78 is 0. The summed E-state index contributed by atoms with van der Waals surface area (Å²) in [6.07, 6.45) is 5.13.